The van der Waals surface area contributed by atoms with Crippen molar-refractivity contribution < 1.29 is 29.7 Å². The minimum atomic E-state index is -1.27. The number of carboxylic acid groups (broad SMARTS) is 2. The van der Waals surface area contributed by atoms with Gasteiger partial charge in [-0.05, 0) is 6.42 Å². The van der Waals surface area contributed by atoms with Crippen LogP contribution in [0, 0.1) is 5.92 Å². The van der Waals surface area contributed by atoms with Crippen LogP contribution in [0.25, 0.3) is 0 Å². The Balaban J connectivity index is 2.75. The number of carbonyl (C=O) groups is 3. The molecule has 2 unspecified atom stereocenters. The molecule has 7 heteroatoms. The van der Waals surface area contributed by atoms with Crippen molar-refractivity contribution in [3.8, 4) is 0 Å². The van der Waals surface area contributed by atoms with Gasteiger partial charge in [-0.3, -0.25) is 9.59 Å². The fourth-order valence-corrected chi connectivity index (χ4v) is 1.95. The molecule has 1 fully saturated rings. The lowest BCUT2D eigenvalue weighted by Gasteiger charge is -2.25. The molecule has 0 aromatic heterocycles. The normalized spacial score (nSPS) is 25.6. The number of nitrogens with zero attached hydrogens (tertiary/aromatic N) is 1. The van der Waals surface area contributed by atoms with Gasteiger partial charge in [-0.1, -0.05) is 6.92 Å². The third kappa shape index (κ3) is 2.94. The molecule has 3 N–H and O–H groups in total. The van der Waals surface area contributed by atoms with E-state index >= 15 is 0 Å². The molecule has 7 nitrogen and oxygen atoms in total. The Morgan fingerprint density at radius 3 is 2.41 bits per heavy atom. The molecule has 3 atom stereocenters. The van der Waals surface area contributed by atoms with Gasteiger partial charge in [0.05, 0.1) is 12.5 Å². The van der Waals surface area contributed by atoms with Crippen molar-refractivity contribution in [1.82, 2.24) is 4.90 Å². The molecule has 0 bridgehead atoms. The van der Waals surface area contributed by atoms with E-state index in [-0.39, 0.29) is 19.4 Å². The number of carboxylic acids is 2. The number of rotatable bonds is 4. The van der Waals surface area contributed by atoms with Crippen LogP contribution >= 0.6 is 0 Å². The molecule has 1 rings (SSSR count). The summed E-state index contributed by atoms with van der Waals surface area (Å²) >= 11 is 0. The van der Waals surface area contributed by atoms with Crippen molar-refractivity contribution in [2.75, 3.05) is 6.54 Å². The number of hydrogen-bond acceptors (Lipinski definition) is 4. The van der Waals surface area contributed by atoms with E-state index in [9.17, 15) is 19.5 Å². The predicted molar refractivity (Wildman–Crippen MR) is 55.2 cm³/mol. The Kier molecular flexibility index (Phi) is 4.06. The third-order valence-electron chi connectivity index (χ3n) is 2.80. The fraction of sp³-hybridized carbons (Fsp3) is 0.700. The number of aliphatic carboxylic acids is 2. The van der Waals surface area contributed by atoms with E-state index in [0.717, 1.165) is 4.90 Å². The molecule has 0 aromatic rings. The van der Waals surface area contributed by atoms with Gasteiger partial charge in [0, 0.05) is 12.5 Å². The summed E-state index contributed by atoms with van der Waals surface area (Å²) in [5, 5.41) is 26.9. The van der Waals surface area contributed by atoms with Crippen molar-refractivity contribution in [2.24, 2.45) is 5.92 Å². The summed E-state index contributed by atoms with van der Waals surface area (Å²) in [6, 6.07) is -1.27. The van der Waals surface area contributed by atoms with Gasteiger partial charge in [-0.25, -0.2) is 4.79 Å². The van der Waals surface area contributed by atoms with Gasteiger partial charge in [0.15, 0.2) is 6.04 Å². The van der Waals surface area contributed by atoms with Crippen molar-refractivity contribution in [1.29, 1.82) is 0 Å². The Hall–Kier alpha value is -1.63. The maximum Gasteiger partial charge on any atom is 0.329 e. The maximum atomic E-state index is 11.8. The van der Waals surface area contributed by atoms with E-state index in [2.05, 4.69) is 0 Å². The molecule has 1 saturated heterocycles. The Bertz CT molecular complexity index is 342. The summed E-state index contributed by atoms with van der Waals surface area (Å²) in [7, 11) is 0. The lowest BCUT2D eigenvalue weighted by Crippen LogP contribution is -2.47. The van der Waals surface area contributed by atoms with Gasteiger partial charge in [-0.2, -0.15) is 0 Å². The van der Waals surface area contributed by atoms with Crippen LogP contribution in [0.2, 0.25) is 0 Å². The quantitative estimate of drug-likeness (QED) is 0.594. The summed E-state index contributed by atoms with van der Waals surface area (Å²) in [5.74, 6) is -3.72. The molecule has 0 saturated carbocycles. The van der Waals surface area contributed by atoms with Crippen LogP contribution in [0.5, 0.6) is 0 Å². The molecular formula is C10H15NO6. The largest absolute Gasteiger partial charge is 0.481 e. The average Bonchev–Trinajstić information content (AvgIpc) is 2.57. The summed E-state index contributed by atoms with van der Waals surface area (Å²) in [4.78, 5) is 34.2. The van der Waals surface area contributed by atoms with Crippen molar-refractivity contribution in [2.45, 2.75) is 31.9 Å². The second kappa shape index (κ2) is 5.13. The van der Waals surface area contributed by atoms with Crippen LogP contribution in [-0.2, 0) is 14.4 Å². The zero-order valence-corrected chi connectivity index (χ0v) is 9.37. The number of likely N-dealkylation sites (tertiary alicyclic amines) is 1. The van der Waals surface area contributed by atoms with Gasteiger partial charge >= 0.3 is 11.9 Å². The second-order valence-electron chi connectivity index (χ2n) is 4.17. The van der Waals surface area contributed by atoms with Gasteiger partial charge < -0.3 is 20.2 Å². The molecule has 96 valence electrons. The maximum absolute atomic E-state index is 11.8. The molecule has 1 amide bonds. The van der Waals surface area contributed by atoms with Crippen LogP contribution in [0.3, 0.4) is 0 Å². The highest BCUT2D eigenvalue weighted by Crippen LogP contribution is 2.21. The number of carbonyl (C=O) groups excluding carboxylic acids is 1. The highest BCUT2D eigenvalue weighted by Gasteiger charge is 2.42. The monoisotopic (exact) mass is 245 g/mol. The second-order valence-corrected chi connectivity index (χ2v) is 4.17. The van der Waals surface area contributed by atoms with Crippen molar-refractivity contribution >= 4 is 17.8 Å². The molecular weight excluding hydrogens is 230 g/mol. The molecule has 0 spiro atoms. The molecule has 0 aromatic carbocycles. The van der Waals surface area contributed by atoms with Crippen LogP contribution in [0.15, 0.2) is 0 Å². The first-order valence-corrected chi connectivity index (χ1v) is 5.27. The Morgan fingerprint density at radius 2 is 1.94 bits per heavy atom. The van der Waals surface area contributed by atoms with Crippen LogP contribution in [0.4, 0.5) is 0 Å². The lowest BCUT2D eigenvalue weighted by atomic mass is 10.1. The van der Waals surface area contributed by atoms with Gasteiger partial charge in [0.2, 0.25) is 5.91 Å². The molecule has 0 radical (unpaired) electrons. The fourth-order valence-electron chi connectivity index (χ4n) is 1.95. The summed E-state index contributed by atoms with van der Waals surface area (Å²) in [6.07, 6.45) is -1.24. The van der Waals surface area contributed by atoms with Crippen LogP contribution in [0.1, 0.15) is 19.8 Å². The topological polar surface area (TPSA) is 115 Å². The van der Waals surface area contributed by atoms with E-state index in [1.165, 1.54) is 6.92 Å². The Morgan fingerprint density at radius 1 is 1.35 bits per heavy atom. The predicted octanol–water partition coefficient (Wildman–Crippen LogP) is -0.856. The molecule has 1 aliphatic heterocycles. The molecule has 0 aliphatic carbocycles. The highest BCUT2D eigenvalue weighted by atomic mass is 16.4. The highest BCUT2D eigenvalue weighted by molar-refractivity contribution is 5.88. The van der Waals surface area contributed by atoms with E-state index < -0.39 is 35.9 Å². The van der Waals surface area contributed by atoms with E-state index in [4.69, 9.17) is 10.2 Å². The first-order valence-electron chi connectivity index (χ1n) is 5.27. The first kappa shape index (κ1) is 13.4. The van der Waals surface area contributed by atoms with Crippen LogP contribution in [-0.4, -0.2) is 56.8 Å². The standard InChI is InChI=1S/C10H15NO6/c1-5(4-7(13)14)9(15)11-3-2-6(12)8(11)10(16)17/h5-6,8,12H,2-4H2,1H3,(H,13,14)(H,16,17)/t5?,6?,8-/m0/s1. The Labute approximate surface area is 97.6 Å². The summed E-state index contributed by atoms with van der Waals surface area (Å²) < 4.78 is 0. The van der Waals surface area contributed by atoms with Crippen molar-refractivity contribution in [3.63, 3.8) is 0 Å². The number of hydrogen-bond donors (Lipinski definition) is 3. The average molecular weight is 245 g/mol. The summed E-state index contributed by atoms with van der Waals surface area (Å²) in [5.41, 5.74) is 0. The van der Waals surface area contributed by atoms with Gasteiger partial charge in [-0.15, -0.1) is 0 Å². The first-order chi connectivity index (χ1) is 7.84. The smallest absolute Gasteiger partial charge is 0.329 e. The molecule has 1 aliphatic rings. The zero-order valence-electron chi connectivity index (χ0n) is 9.37. The third-order valence-corrected chi connectivity index (χ3v) is 2.80. The van der Waals surface area contributed by atoms with Gasteiger partial charge in [0.1, 0.15) is 0 Å². The van der Waals surface area contributed by atoms with E-state index in [1.54, 1.807) is 0 Å². The van der Waals surface area contributed by atoms with E-state index in [1.807, 2.05) is 0 Å². The van der Waals surface area contributed by atoms with Crippen LogP contribution < -0.4 is 0 Å². The van der Waals surface area contributed by atoms with E-state index in [0.29, 0.717) is 0 Å². The van der Waals surface area contributed by atoms with Gasteiger partial charge in [0.25, 0.3) is 0 Å². The lowest BCUT2D eigenvalue weighted by molar-refractivity contribution is -0.153. The zero-order chi connectivity index (χ0) is 13.2. The molecule has 17 heavy (non-hydrogen) atoms. The van der Waals surface area contributed by atoms with Crippen molar-refractivity contribution in [3.05, 3.63) is 0 Å². The minimum absolute atomic E-state index is 0.140. The molecule has 1 heterocycles. The number of amides is 1. The SMILES string of the molecule is CC(CC(=O)O)C(=O)N1CCC(O)[C@H]1C(=O)O. The number of aliphatic hydroxyl groups is 1. The minimum Gasteiger partial charge on any atom is -0.481 e. The summed E-state index contributed by atoms with van der Waals surface area (Å²) in [6.45, 7) is 1.57. The number of aliphatic hydroxyl groups excluding tert-OH is 1.